The SMILES string of the molecule is C[C@@H]1C=CC[C@@H]2C(=O)N(N(CC(=O)c3ccc(OC(=O)c4cccs4)cc3)C(=O)c3ccc(Cl)c(Cl)c3)C(=O)[C@H]12. The van der Waals surface area contributed by atoms with Crippen molar-refractivity contribution in [2.24, 2.45) is 17.8 Å². The van der Waals surface area contributed by atoms with Crippen molar-refractivity contribution in [1.82, 2.24) is 10.0 Å². The summed E-state index contributed by atoms with van der Waals surface area (Å²) in [7, 11) is 0. The number of rotatable bonds is 7. The Morgan fingerprint density at radius 3 is 2.38 bits per heavy atom. The van der Waals surface area contributed by atoms with Gasteiger partial charge in [0.15, 0.2) is 5.78 Å². The average Bonchev–Trinajstić information content (AvgIpc) is 3.57. The first-order chi connectivity index (χ1) is 19.2. The van der Waals surface area contributed by atoms with Gasteiger partial charge in [-0.25, -0.2) is 9.80 Å². The molecule has 1 aromatic heterocycles. The van der Waals surface area contributed by atoms with E-state index in [2.05, 4.69) is 0 Å². The summed E-state index contributed by atoms with van der Waals surface area (Å²) in [6.07, 6.45) is 4.09. The van der Waals surface area contributed by atoms with Gasteiger partial charge in [0, 0.05) is 11.1 Å². The monoisotopic (exact) mass is 596 g/mol. The highest BCUT2D eigenvalue weighted by molar-refractivity contribution is 7.12. The Kier molecular flexibility index (Phi) is 7.89. The third kappa shape index (κ3) is 5.32. The number of thiophene rings is 1. The second-order valence-corrected chi connectivity index (χ2v) is 11.2. The van der Waals surface area contributed by atoms with Gasteiger partial charge in [-0.15, -0.1) is 11.3 Å². The summed E-state index contributed by atoms with van der Waals surface area (Å²) in [5.41, 5.74) is 0.245. The van der Waals surface area contributed by atoms with Crippen LogP contribution < -0.4 is 4.74 Å². The van der Waals surface area contributed by atoms with Gasteiger partial charge in [0.2, 0.25) is 0 Å². The largest absolute Gasteiger partial charge is 0.422 e. The predicted molar refractivity (Wildman–Crippen MR) is 149 cm³/mol. The van der Waals surface area contributed by atoms with E-state index in [4.69, 9.17) is 27.9 Å². The fraction of sp³-hybridized carbons (Fsp3) is 0.207. The van der Waals surface area contributed by atoms with Gasteiger partial charge in [0.25, 0.3) is 17.7 Å². The van der Waals surface area contributed by atoms with Crippen molar-refractivity contribution in [3.63, 3.8) is 0 Å². The minimum atomic E-state index is -0.755. The molecule has 1 aliphatic heterocycles. The highest BCUT2D eigenvalue weighted by Crippen LogP contribution is 2.39. The van der Waals surface area contributed by atoms with E-state index < -0.39 is 47.9 Å². The summed E-state index contributed by atoms with van der Waals surface area (Å²) in [4.78, 5) is 66.6. The molecule has 0 saturated carbocycles. The Hall–Kier alpha value is -3.79. The van der Waals surface area contributed by atoms with Gasteiger partial charge in [-0.05, 0) is 66.2 Å². The molecule has 5 rings (SSSR count). The standard InChI is InChI=1S/C29H22Cl2N2O6S/c1-16-4-2-5-20-25(16)28(37)33(27(20)36)32(26(35)18-9-12-21(30)22(31)14-18)15-23(34)17-7-10-19(11-8-17)39-29(38)24-6-3-13-40-24/h2-4,6-14,16,20,25H,5,15H2,1H3/t16-,20+,25-/m1/s1. The maximum absolute atomic E-state index is 13.7. The number of allylic oxidation sites excluding steroid dienone is 2. The molecule has 8 nitrogen and oxygen atoms in total. The Bertz CT molecular complexity index is 1540. The number of hydrogen-bond donors (Lipinski definition) is 0. The molecule has 204 valence electrons. The molecule has 0 radical (unpaired) electrons. The van der Waals surface area contributed by atoms with Crippen LogP contribution in [0.4, 0.5) is 0 Å². The van der Waals surface area contributed by atoms with Crippen LogP contribution in [0.15, 0.2) is 72.1 Å². The van der Waals surface area contributed by atoms with E-state index in [1.54, 1.807) is 17.5 Å². The molecular formula is C29H22Cl2N2O6S. The number of Topliss-reactive ketones (excluding diaryl/α,β-unsaturated/α-hetero) is 1. The van der Waals surface area contributed by atoms with Crippen molar-refractivity contribution in [2.75, 3.05) is 6.54 Å². The van der Waals surface area contributed by atoms with Crippen molar-refractivity contribution in [3.8, 4) is 5.75 Å². The third-order valence-corrected chi connectivity index (χ3v) is 8.48. The van der Waals surface area contributed by atoms with E-state index >= 15 is 0 Å². The molecule has 2 heterocycles. The smallest absolute Gasteiger partial charge is 0.353 e. The first kappa shape index (κ1) is 27.8. The Labute approximate surface area is 243 Å². The second-order valence-electron chi connectivity index (χ2n) is 9.45. The third-order valence-electron chi connectivity index (χ3n) is 6.89. The van der Waals surface area contributed by atoms with E-state index in [0.717, 1.165) is 10.0 Å². The topological polar surface area (TPSA) is 101 Å². The molecule has 0 spiro atoms. The molecule has 11 heteroatoms. The number of esters is 1. The van der Waals surface area contributed by atoms with Crippen LogP contribution in [0.1, 0.15) is 43.7 Å². The lowest BCUT2D eigenvalue weighted by molar-refractivity contribution is -0.154. The van der Waals surface area contributed by atoms with Crippen molar-refractivity contribution in [2.45, 2.75) is 13.3 Å². The van der Waals surface area contributed by atoms with Crippen LogP contribution in [0.2, 0.25) is 10.0 Å². The molecule has 3 atom stereocenters. The predicted octanol–water partition coefficient (Wildman–Crippen LogP) is 5.71. The second kappa shape index (κ2) is 11.4. The van der Waals surface area contributed by atoms with Crippen molar-refractivity contribution >= 4 is 64.0 Å². The van der Waals surface area contributed by atoms with Gasteiger partial charge < -0.3 is 4.74 Å². The molecule has 0 bridgehead atoms. The fourth-order valence-corrected chi connectivity index (χ4v) is 5.77. The summed E-state index contributed by atoms with van der Waals surface area (Å²) in [6.45, 7) is 1.25. The molecule has 2 aliphatic rings. The van der Waals surface area contributed by atoms with E-state index in [9.17, 15) is 24.0 Å². The molecule has 40 heavy (non-hydrogen) atoms. The number of amides is 3. The molecule has 0 N–H and O–H groups in total. The minimum absolute atomic E-state index is 0.0553. The lowest BCUT2D eigenvalue weighted by atomic mass is 9.78. The fourth-order valence-electron chi connectivity index (χ4n) is 4.87. The maximum Gasteiger partial charge on any atom is 0.353 e. The van der Waals surface area contributed by atoms with E-state index in [0.29, 0.717) is 11.3 Å². The number of hydrazine groups is 1. The maximum atomic E-state index is 13.7. The number of imide groups is 1. The van der Waals surface area contributed by atoms with Gasteiger partial charge in [-0.3, -0.25) is 19.2 Å². The molecule has 1 aliphatic carbocycles. The first-order valence-corrected chi connectivity index (χ1v) is 14.0. The van der Waals surface area contributed by atoms with Crippen molar-refractivity contribution < 1.29 is 28.7 Å². The molecule has 3 aromatic rings. The highest BCUT2D eigenvalue weighted by atomic mass is 35.5. The Morgan fingerprint density at radius 1 is 1.00 bits per heavy atom. The van der Waals surface area contributed by atoms with E-state index in [1.807, 2.05) is 19.1 Å². The minimum Gasteiger partial charge on any atom is -0.422 e. The number of carbonyl (C=O) groups is 5. The number of halogens is 2. The lowest BCUT2D eigenvalue weighted by Crippen LogP contribution is -2.52. The van der Waals surface area contributed by atoms with Crippen LogP contribution in [-0.4, -0.2) is 46.0 Å². The number of ketones is 1. The number of ether oxygens (including phenoxy) is 1. The van der Waals surface area contributed by atoms with Gasteiger partial charge in [-0.2, -0.15) is 5.01 Å². The summed E-state index contributed by atoms with van der Waals surface area (Å²) in [6, 6.07) is 13.3. The Balaban J connectivity index is 1.41. The van der Waals surface area contributed by atoms with Crippen molar-refractivity contribution in [1.29, 1.82) is 0 Å². The quantitative estimate of drug-likeness (QED) is 0.114. The zero-order chi connectivity index (χ0) is 28.6. The van der Waals surface area contributed by atoms with Gasteiger partial charge in [0.1, 0.15) is 17.2 Å². The molecule has 0 unspecified atom stereocenters. The van der Waals surface area contributed by atoms with Crippen LogP contribution in [0.25, 0.3) is 0 Å². The lowest BCUT2D eigenvalue weighted by Gasteiger charge is -2.30. The molecule has 1 fully saturated rings. The number of fused-ring (bicyclic) bond motifs is 1. The molecule has 3 amide bonds. The summed E-state index contributed by atoms with van der Waals surface area (Å²) in [5, 5.41) is 3.77. The Morgan fingerprint density at radius 2 is 1.73 bits per heavy atom. The average molecular weight is 597 g/mol. The highest BCUT2D eigenvalue weighted by Gasteiger charge is 2.53. The first-order valence-electron chi connectivity index (χ1n) is 12.4. The van der Waals surface area contributed by atoms with E-state index in [1.165, 1.54) is 53.8 Å². The zero-order valence-corrected chi connectivity index (χ0v) is 23.4. The van der Waals surface area contributed by atoms with Gasteiger partial charge in [0.05, 0.1) is 21.9 Å². The summed E-state index contributed by atoms with van der Waals surface area (Å²) < 4.78 is 5.33. The molecular weight excluding hydrogens is 575 g/mol. The summed E-state index contributed by atoms with van der Waals surface area (Å²) >= 11 is 13.4. The van der Waals surface area contributed by atoms with Crippen LogP contribution in [0.5, 0.6) is 5.75 Å². The summed E-state index contributed by atoms with van der Waals surface area (Å²) in [5.74, 6) is -4.12. The van der Waals surface area contributed by atoms with E-state index in [-0.39, 0.29) is 32.8 Å². The number of nitrogens with zero attached hydrogens (tertiary/aromatic N) is 2. The number of benzene rings is 2. The zero-order valence-electron chi connectivity index (χ0n) is 21.1. The van der Waals surface area contributed by atoms with Crippen LogP contribution >= 0.6 is 34.5 Å². The molecule has 2 aromatic carbocycles. The van der Waals surface area contributed by atoms with Crippen LogP contribution in [-0.2, 0) is 9.59 Å². The number of carbonyl (C=O) groups excluding carboxylic acids is 5. The normalized spacial score (nSPS) is 19.9. The van der Waals surface area contributed by atoms with Crippen LogP contribution in [0.3, 0.4) is 0 Å². The van der Waals surface area contributed by atoms with Crippen molar-refractivity contribution in [3.05, 3.63) is 98.2 Å². The molecule has 1 saturated heterocycles. The number of hydrogen-bond acceptors (Lipinski definition) is 7. The van der Waals surface area contributed by atoms with Gasteiger partial charge in [-0.1, -0.05) is 48.3 Å². The van der Waals surface area contributed by atoms with Gasteiger partial charge >= 0.3 is 5.97 Å². The van der Waals surface area contributed by atoms with Crippen LogP contribution in [0, 0.1) is 17.8 Å².